The lowest BCUT2D eigenvalue weighted by atomic mass is 10.1. The molecule has 0 unspecified atom stereocenters. The van der Waals surface area contributed by atoms with Gasteiger partial charge in [-0.3, -0.25) is 4.90 Å². The van der Waals surface area contributed by atoms with Crippen molar-refractivity contribution in [3.05, 3.63) is 60.2 Å². The summed E-state index contributed by atoms with van der Waals surface area (Å²) in [5, 5.41) is 3.08. The summed E-state index contributed by atoms with van der Waals surface area (Å²) >= 11 is 0. The van der Waals surface area contributed by atoms with E-state index in [4.69, 9.17) is 9.72 Å². The van der Waals surface area contributed by atoms with E-state index in [-0.39, 0.29) is 6.03 Å². The Morgan fingerprint density at radius 1 is 1.00 bits per heavy atom. The molecule has 3 heterocycles. The van der Waals surface area contributed by atoms with Crippen LogP contribution in [0.1, 0.15) is 5.56 Å². The van der Waals surface area contributed by atoms with Crippen LogP contribution in [0.15, 0.2) is 54.6 Å². The molecule has 0 atom stereocenters. The van der Waals surface area contributed by atoms with Gasteiger partial charge in [0.25, 0.3) is 0 Å². The quantitative estimate of drug-likeness (QED) is 0.706. The van der Waals surface area contributed by atoms with E-state index < -0.39 is 0 Å². The van der Waals surface area contributed by atoms with Gasteiger partial charge >= 0.3 is 6.03 Å². The zero-order valence-corrected chi connectivity index (χ0v) is 17.0. The maximum Gasteiger partial charge on any atom is 0.328 e. The number of ether oxygens (including phenoxy) is 1. The number of hydrogen-bond acceptors (Lipinski definition) is 5. The molecule has 1 aromatic heterocycles. The standard InChI is InChI=1S/C23H27N5O2/c29-23(24-11-10-18-6-2-1-3-7-18)28-21-9-5-4-8-20(21)25-22(28)27-14-12-26(13-15-27)19-16-30-17-19/h1-9,19H,10-17H2,(H,24,29). The van der Waals surface area contributed by atoms with E-state index in [1.165, 1.54) is 5.56 Å². The number of rotatable bonds is 5. The Hall–Kier alpha value is -2.90. The Bertz CT molecular complexity index is 1010. The number of para-hydroxylation sites is 2. The van der Waals surface area contributed by atoms with Crippen LogP contribution in [-0.2, 0) is 11.2 Å². The normalized spacial score (nSPS) is 17.8. The monoisotopic (exact) mass is 405 g/mol. The molecule has 2 aromatic carbocycles. The molecular formula is C23H27N5O2. The first-order valence-corrected chi connectivity index (χ1v) is 10.7. The van der Waals surface area contributed by atoms with Gasteiger partial charge in [0.2, 0.25) is 5.95 Å². The predicted octanol–water partition coefficient (Wildman–Crippen LogP) is 2.36. The fourth-order valence-electron chi connectivity index (χ4n) is 4.18. The molecule has 0 spiro atoms. The summed E-state index contributed by atoms with van der Waals surface area (Å²) in [5.41, 5.74) is 2.91. The van der Waals surface area contributed by atoms with Crippen LogP contribution in [0.4, 0.5) is 10.7 Å². The topological polar surface area (TPSA) is 62.6 Å². The minimum atomic E-state index is -0.121. The molecular weight excluding hydrogens is 378 g/mol. The van der Waals surface area contributed by atoms with Crippen molar-refractivity contribution in [2.45, 2.75) is 12.5 Å². The first-order chi connectivity index (χ1) is 14.8. The average molecular weight is 406 g/mol. The lowest BCUT2D eigenvalue weighted by Gasteiger charge is -2.42. The molecule has 7 heteroatoms. The Morgan fingerprint density at radius 2 is 1.73 bits per heavy atom. The number of imidazole rings is 1. The summed E-state index contributed by atoms with van der Waals surface area (Å²) in [6, 6.07) is 18.5. The SMILES string of the molecule is O=C(NCCc1ccccc1)n1c(N2CCN(C3COC3)CC2)nc2ccccc21. The second-order valence-electron chi connectivity index (χ2n) is 7.92. The van der Waals surface area contributed by atoms with E-state index in [9.17, 15) is 4.79 Å². The molecule has 156 valence electrons. The molecule has 2 aliphatic rings. The van der Waals surface area contributed by atoms with Crippen molar-refractivity contribution in [3.63, 3.8) is 0 Å². The highest BCUT2D eigenvalue weighted by Crippen LogP contribution is 2.24. The van der Waals surface area contributed by atoms with Crippen LogP contribution in [-0.4, -0.2) is 72.5 Å². The number of aromatic nitrogens is 2. The zero-order chi connectivity index (χ0) is 20.3. The first kappa shape index (κ1) is 19.1. The maximum absolute atomic E-state index is 13.2. The third kappa shape index (κ3) is 3.78. The molecule has 0 bridgehead atoms. The van der Waals surface area contributed by atoms with Gasteiger partial charge in [-0.15, -0.1) is 0 Å². The number of benzene rings is 2. The van der Waals surface area contributed by atoms with Crippen molar-refractivity contribution >= 4 is 23.0 Å². The fourth-order valence-corrected chi connectivity index (χ4v) is 4.18. The molecule has 3 aromatic rings. The molecule has 0 saturated carbocycles. The van der Waals surface area contributed by atoms with E-state index in [1.807, 2.05) is 42.5 Å². The number of hydrogen-bond donors (Lipinski definition) is 1. The number of carbonyl (C=O) groups is 1. The third-order valence-electron chi connectivity index (χ3n) is 6.01. The highest BCUT2D eigenvalue weighted by Gasteiger charge is 2.31. The van der Waals surface area contributed by atoms with Crippen molar-refractivity contribution in [1.82, 2.24) is 19.8 Å². The molecule has 7 nitrogen and oxygen atoms in total. The number of piperazine rings is 1. The van der Waals surface area contributed by atoms with Crippen LogP contribution in [0.3, 0.4) is 0 Å². The molecule has 2 aliphatic heterocycles. The smallest absolute Gasteiger partial charge is 0.328 e. The van der Waals surface area contributed by atoms with E-state index in [0.717, 1.165) is 62.8 Å². The minimum absolute atomic E-state index is 0.121. The van der Waals surface area contributed by atoms with Crippen molar-refractivity contribution < 1.29 is 9.53 Å². The van der Waals surface area contributed by atoms with Crippen LogP contribution in [0.5, 0.6) is 0 Å². The maximum atomic E-state index is 13.2. The van der Waals surface area contributed by atoms with E-state index >= 15 is 0 Å². The Labute approximate surface area is 176 Å². The van der Waals surface area contributed by atoms with Crippen molar-refractivity contribution in [2.24, 2.45) is 0 Å². The van der Waals surface area contributed by atoms with Gasteiger partial charge in [-0.25, -0.2) is 14.3 Å². The van der Waals surface area contributed by atoms with Crippen molar-refractivity contribution in [2.75, 3.05) is 50.8 Å². The molecule has 2 fully saturated rings. The Kier molecular flexibility index (Phi) is 5.38. The Balaban J connectivity index is 1.32. The second-order valence-corrected chi connectivity index (χ2v) is 7.92. The minimum Gasteiger partial charge on any atom is -0.378 e. The van der Waals surface area contributed by atoms with Gasteiger partial charge in [0, 0.05) is 32.7 Å². The second kappa shape index (κ2) is 8.45. The zero-order valence-electron chi connectivity index (χ0n) is 17.0. The molecule has 0 radical (unpaired) electrons. The summed E-state index contributed by atoms with van der Waals surface area (Å²) in [6.07, 6.45) is 0.802. The van der Waals surface area contributed by atoms with E-state index in [2.05, 4.69) is 27.2 Å². The number of amides is 1. The van der Waals surface area contributed by atoms with Crippen LogP contribution in [0, 0.1) is 0 Å². The summed E-state index contributed by atoms with van der Waals surface area (Å²) < 4.78 is 7.07. The van der Waals surface area contributed by atoms with Gasteiger partial charge in [-0.1, -0.05) is 42.5 Å². The molecule has 0 aliphatic carbocycles. The number of fused-ring (bicyclic) bond motifs is 1. The van der Waals surface area contributed by atoms with Gasteiger partial charge in [0.05, 0.1) is 30.3 Å². The summed E-state index contributed by atoms with van der Waals surface area (Å²) in [6.45, 7) is 5.91. The lowest BCUT2D eigenvalue weighted by molar-refractivity contribution is -0.0661. The highest BCUT2D eigenvalue weighted by atomic mass is 16.5. The first-order valence-electron chi connectivity index (χ1n) is 10.7. The highest BCUT2D eigenvalue weighted by molar-refractivity contribution is 5.93. The van der Waals surface area contributed by atoms with E-state index in [0.29, 0.717) is 12.6 Å². The molecule has 30 heavy (non-hydrogen) atoms. The largest absolute Gasteiger partial charge is 0.378 e. The van der Waals surface area contributed by atoms with Gasteiger partial charge in [0.15, 0.2) is 0 Å². The van der Waals surface area contributed by atoms with Crippen molar-refractivity contribution in [1.29, 1.82) is 0 Å². The van der Waals surface area contributed by atoms with Gasteiger partial charge in [-0.2, -0.15) is 0 Å². The average Bonchev–Trinajstić information content (AvgIpc) is 3.13. The Morgan fingerprint density at radius 3 is 2.47 bits per heavy atom. The van der Waals surface area contributed by atoms with Crippen molar-refractivity contribution in [3.8, 4) is 0 Å². The number of nitrogens with one attached hydrogen (secondary N) is 1. The van der Waals surface area contributed by atoms with E-state index in [1.54, 1.807) is 4.57 Å². The van der Waals surface area contributed by atoms with Crippen LogP contribution < -0.4 is 10.2 Å². The number of nitrogens with zero attached hydrogens (tertiary/aromatic N) is 4. The van der Waals surface area contributed by atoms with Gasteiger partial charge < -0.3 is 15.0 Å². The molecule has 5 rings (SSSR count). The van der Waals surface area contributed by atoms with Crippen LogP contribution in [0.25, 0.3) is 11.0 Å². The molecule has 1 N–H and O–H groups in total. The fraction of sp³-hybridized carbons (Fsp3) is 0.391. The van der Waals surface area contributed by atoms with Gasteiger partial charge in [-0.05, 0) is 24.1 Å². The van der Waals surface area contributed by atoms with Gasteiger partial charge in [0.1, 0.15) is 0 Å². The molecule has 1 amide bonds. The number of anilines is 1. The van der Waals surface area contributed by atoms with Crippen LogP contribution in [0.2, 0.25) is 0 Å². The summed E-state index contributed by atoms with van der Waals surface area (Å²) in [4.78, 5) is 22.7. The molecule has 2 saturated heterocycles. The predicted molar refractivity (Wildman–Crippen MR) is 117 cm³/mol. The number of carbonyl (C=O) groups excluding carboxylic acids is 1. The lowest BCUT2D eigenvalue weighted by Crippen LogP contribution is -2.57. The summed E-state index contributed by atoms with van der Waals surface area (Å²) in [5.74, 6) is 0.734. The van der Waals surface area contributed by atoms with Crippen LogP contribution >= 0.6 is 0 Å². The summed E-state index contributed by atoms with van der Waals surface area (Å²) in [7, 11) is 0. The third-order valence-corrected chi connectivity index (χ3v) is 6.01.